The molecule has 0 N–H and O–H groups in total. The maximum Gasteiger partial charge on any atom is 0.122 e. The normalized spacial score (nSPS) is 29.5. The molecule has 1 heterocycles. The molecule has 0 aromatic carbocycles. The molecule has 2 unspecified atom stereocenters. The van der Waals surface area contributed by atoms with Gasteiger partial charge in [-0.1, -0.05) is 0 Å². The molecular formula is C8H10BrFN2. The fraction of sp³-hybridized carbons (Fsp3) is 0.625. The van der Waals surface area contributed by atoms with Crippen LogP contribution in [0.1, 0.15) is 25.3 Å². The van der Waals surface area contributed by atoms with E-state index < -0.39 is 6.17 Å². The first kappa shape index (κ1) is 8.23. The van der Waals surface area contributed by atoms with E-state index in [2.05, 4.69) is 21.0 Å². The molecule has 0 amide bonds. The zero-order valence-corrected chi connectivity index (χ0v) is 8.17. The van der Waals surface area contributed by atoms with E-state index in [1.54, 1.807) is 10.9 Å². The third-order valence-corrected chi connectivity index (χ3v) is 2.96. The summed E-state index contributed by atoms with van der Waals surface area (Å²) in [5, 5.41) is 4.08. The molecule has 4 heteroatoms. The molecule has 2 atom stereocenters. The predicted octanol–water partition coefficient (Wildman–Crippen LogP) is 2.71. The molecule has 1 saturated carbocycles. The van der Waals surface area contributed by atoms with Gasteiger partial charge in [0.2, 0.25) is 0 Å². The van der Waals surface area contributed by atoms with E-state index in [1.807, 2.05) is 6.07 Å². The minimum Gasteiger partial charge on any atom is -0.252 e. The average Bonchev–Trinajstić information content (AvgIpc) is 2.59. The molecule has 0 saturated heterocycles. The van der Waals surface area contributed by atoms with Crippen LogP contribution in [0.25, 0.3) is 0 Å². The Bertz CT molecular complexity index is 274. The van der Waals surface area contributed by atoms with Crippen LogP contribution in [0, 0.1) is 0 Å². The van der Waals surface area contributed by atoms with Crippen LogP contribution >= 0.6 is 15.9 Å². The van der Waals surface area contributed by atoms with Crippen molar-refractivity contribution in [2.45, 2.75) is 31.5 Å². The number of alkyl halides is 1. The van der Waals surface area contributed by atoms with E-state index >= 15 is 0 Å². The van der Waals surface area contributed by atoms with Crippen LogP contribution < -0.4 is 0 Å². The van der Waals surface area contributed by atoms with Gasteiger partial charge in [-0.05, 0) is 41.3 Å². The van der Waals surface area contributed by atoms with Crippen molar-refractivity contribution in [2.24, 2.45) is 0 Å². The number of hydrogen-bond acceptors (Lipinski definition) is 1. The maximum absolute atomic E-state index is 13.2. The molecule has 0 aliphatic heterocycles. The molecule has 1 aromatic heterocycles. The lowest BCUT2D eigenvalue weighted by molar-refractivity contribution is 0.248. The highest BCUT2D eigenvalue weighted by Gasteiger charge is 2.29. The van der Waals surface area contributed by atoms with Crippen molar-refractivity contribution in [3.05, 3.63) is 16.9 Å². The van der Waals surface area contributed by atoms with Gasteiger partial charge in [-0.3, -0.25) is 4.68 Å². The number of halogens is 2. The van der Waals surface area contributed by atoms with Crippen molar-refractivity contribution >= 4 is 15.9 Å². The zero-order valence-electron chi connectivity index (χ0n) is 6.58. The van der Waals surface area contributed by atoms with Crippen LogP contribution in [0.5, 0.6) is 0 Å². The molecule has 0 bridgehead atoms. The second-order valence-electron chi connectivity index (χ2n) is 3.11. The molecule has 0 radical (unpaired) electrons. The summed E-state index contributed by atoms with van der Waals surface area (Å²) in [5.74, 6) is 0. The first-order valence-electron chi connectivity index (χ1n) is 4.12. The van der Waals surface area contributed by atoms with Gasteiger partial charge in [-0.25, -0.2) is 4.39 Å². The molecule has 2 nitrogen and oxygen atoms in total. The molecule has 1 aromatic rings. The third kappa shape index (κ3) is 1.28. The van der Waals surface area contributed by atoms with Crippen LogP contribution in [0.2, 0.25) is 0 Å². The fourth-order valence-corrected chi connectivity index (χ4v) is 2.19. The molecule has 66 valence electrons. The number of aromatic nitrogens is 2. The summed E-state index contributed by atoms with van der Waals surface area (Å²) < 4.78 is 15.9. The molecule has 1 fully saturated rings. The first-order valence-corrected chi connectivity index (χ1v) is 4.91. The molecular weight excluding hydrogens is 223 g/mol. The van der Waals surface area contributed by atoms with Crippen molar-refractivity contribution in [1.29, 1.82) is 0 Å². The van der Waals surface area contributed by atoms with Gasteiger partial charge in [0.15, 0.2) is 0 Å². The average molecular weight is 233 g/mol. The van der Waals surface area contributed by atoms with E-state index in [0.717, 1.165) is 17.4 Å². The smallest absolute Gasteiger partial charge is 0.122 e. The Balaban J connectivity index is 2.24. The Labute approximate surface area is 78.9 Å². The largest absolute Gasteiger partial charge is 0.252 e. The van der Waals surface area contributed by atoms with Gasteiger partial charge in [0.25, 0.3) is 0 Å². The monoisotopic (exact) mass is 232 g/mol. The molecule has 0 spiro atoms. The van der Waals surface area contributed by atoms with E-state index in [4.69, 9.17) is 0 Å². The lowest BCUT2D eigenvalue weighted by Gasteiger charge is -2.13. The zero-order chi connectivity index (χ0) is 8.55. The summed E-state index contributed by atoms with van der Waals surface area (Å²) in [4.78, 5) is 0. The number of hydrogen-bond donors (Lipinski definition) is 0. The van der Waals surface area contributed by atoms with Crippen molar-refractivity contribution < 1.29 is 4.39 Å². The number of nitrogens with zero attached hydrogens (tertiary/aromatic N) is 2. The summed E-state index contributed by atoms with van der Waals surface area (Å²) in [6.07, 6.45) is 3.52. The van der Waals surface area contributed by atoms with Gasteiger partial charge >= 0.3 is 0 Å². The second kappa shape index (κ2) is 3.17. The Morgan fingerprint density at radius 2 is 2.42 bits per heavy atom. The van der Waals surface area contributed by atoms with Crippen molar-refractivity contribution in [2.75, 3.05) is 0 Å². The maximum atomic E-state index is 13.2. The van der Waals surface area contributed by atoms with Gasteiger partial charge in [0, 0.05) is 0 Å². The van der Waals surface area contributed by atoms with Gasteiger partial charge < -0.3 is 0 Å². The highest BCUT2D eigenvalue weighted by molar-refractivity contribution is 9.10. The standard InChI is InChI=1S/C8H10BrFN2/c9-8-4-5-11-12(8)7-3-1-2-6(7)10/h4-7H,1-3H2. The second-order valence-corrected chi connectivity index (χ2v) is 3.93. The van der Waals surface area contributed by atoms with Crippen LogP contribution in [-0.4, -0.2) is 16.0 Å². The Hall–Kier alpha value is -0.380. The van der Waals surface area contributed by atoms with Crippen LogP contribution in [0.4, 0.5) is 4.39 Å². The van der Waals surface area contributed by atoms with Crippen LogP contribution in [-0.2, 0) is 0 Å². The minimum absolute atomic E-state index is 0.0469. The predicted molar refractivity (Wildman–Crippen MR) is 47.7 cm³/mol. The Kier molecular flexibility index (Phi) is 2.17. The van der Waals surface area contributed by atoms with Gasteiger partial charge in [0.1, 0.15) is 10.8 Å². The number of rotatable bonds is 1. The lowest BCUT2D eigenvalue weighted by atomic mass is 10.2. The molecule has 2 rings (SSSR count). The van der Waals surface area contributed by atoms with Gasteiger partial charge in [-0.15, -0.1) is 0 Å². The van der Waals surface area contributed by atoms with Crippen molar-refractivity contribution in [3.63, 3.8) is 0 Å². The minimum atomic E-state index is -0.721. The summed E-state index contributed by atoms with van der Waals surface area (Å²) in [6.45, 7) is 0. The SMILES string of the molecule is FC1CCCC1n1nccc1Br. The topological polar surface area (TPSA) is 17.8 Å². The summed E-state index contributed by atoms with van der Waals surface area (Å²) in [6, 6.07) is 1.79. The lowest BCUT2D eigenvalue weighted by Crippen LogP contribution is -2.15. The summed E-state index contributed by atoms with van der Waals surface area (Å²) >= 11 is 3.34. The van der Waals surface area contributed by atoms with Crippen molar-refractivity contribution in [3.8, 4) is 0 Å². The first-order chi connectivity index (χ1) is 5.79. The van der Waals surface area contributed by atoms with Crippen molar-refractivity contribution in [1.82, 2.24) is 9.78 Å². The van der Waals surface area contributed by atoms with E-state index in [9.17, 15) is 4.39 Å². The van der Waals surface area contributed by atoms with Crippen LogP contribution in [0.3, 0.4) is 0 Å². The highest BCUT2D eigenvalue weighted by atomic mass is 79.9. The molecule has 1 aliphatic carbocycles. The molecule has 1 aliphatic rings. The fourth-order valence-electron chi connectivity index (χ4n) is 1.71. The quantitative estimate of drug-likeness (QED) is 0.729. The Morgan fingerprint density at radius 3 is 2.92 bits per heavy atom. The molecule has 12 heavy (non-hydrogen) atoms. The summed E-state index contributed by atoms with van der Waals surface area (Å²) in [7, 11) is 0. The Morgan fingerprint density at radius 1 is 1.58 bits per heavy atom. The van der Waals surface area contributed by atoms with E-state index in [-0.39, 0.29) is 6.04 Å². The highest BCUT2D eigenvalue weighted by Crippen LogP contribution is 2.33. The summed E-state index contributed by atoms with van der Waals surface area (Å²) in [5.41, 5.74) is 0. The van der Waals surface area contributed by atoms with Crippen LogP contribution in [0.15, 0.2) is 16.9 Å². The van der Waals surface area contributed by atoms with Gasteiger partial charge in [-0.2, -0.15) is 5.10 Å². The van der Waals surface area contributed by atoms with E-state index in [1.165, 1.54) is 0 Å². The third-order valence-electron chi connectivity index (χ3n) is 2.33. The van der Waals surface area contributed by atoms with Gasteiger partial charge in [0.05, 0.1) is 12.2 Å². The van der Waals surface area contributed by atoms with E-state index in [0.29, 0.717) is 6.42 Å².